The molecule has 37 heavy (non-hydrogen) atoms. The van der Waals surface area contributed by atoms with Gasteiger partial charge in [0.05, 0.1) is 18.1 Å². The number of hydrogen-bond acceptors (Lipinski definition) is 6. The minimum Gasteiger partial charge on any atom is -0.385 e. The van der Waals surface area contributed by atoms with Crippen LogP contribution < -0.4 is 0 Å². The number of carbonyl (C=O) groups is 1. The second-order valence-electron chi connectivity index (χ2n) is 10.7. The lowest BCUT2D eigenvalue weighted by Gasteiger charge is -2.20. The number of nitrogens with zero attached hydrogens (tertiary/aromatic N) is 6. The van der Waals surface area contributed by atoms with E-state index in [1.165, 1.54) is 0 Å². The fourth-order valence-electron chi connectivity index (χ4n) is 6.05. The van der Waals surface area contributed by atoms with E-state index in [1.807, 2.05) is 57.2 Å². The van der Waals surface area contributed by atoms with E-state index in [0.717, 1.165) is 72.0 Å². The van der Waals surface area contributed by atoms with Crippen LogP contribution in [0, 0.1) is 11.3 Å². The molecule has 3 aromatic heterocycles. The maximum Gasteiger partial charge on any atom is 0.161 e. The van der Waals surface area contributed by atoms with Crippen molar-refractivity contribution in [3.63, 3.8) is 0 Å². The number of aliphatic hydroxyl groups excluding tert-OH is 1. The number of aromatic nitrogens is 6. The van der Waals surface area contributed by atoms with E-state index in [1.54, 1.807) is 9.36 Å². The standard InChI is InChI=1S/C29H32N6O2/c1-34-17-21(14-31-34)19-6-5-7-20(12-19)28-30-16-24(22-15-32-35(2)18-22)25(33-28)10-9-23-13-29(23)11-4-3-8-26(36)27(29)37/h5-7,12,14-18,23,27,37H,3-4,8-11,13H2,1-2H3/t23?,27-,29-/m1/s1. The van der Waals surface area contributed by atoms with Gasteiger partial charge in [0.15, 0.2) is 11.6 Å². The molecule has 2 fully saturated rings. The molecule has 4 aromatic rings. The van der Waals surface area contributed by atoms with E-state index in [2.05, 4.69) is 22.3 Å². The maximum atomic E-state index is 12.4. The molecular formula is C29H32N6O2. The molecule has 0 aliphatic heterocycles. The molecule has 2 aliphatic carbocycles. The van der Waals surface area contributed by atoms with Crippen molar-refractivity contribution in [2.75, 3.05) is 0 Å². The normalized spacial score (nSPS) is 23.4. The van der Waals surface area contributed by atoms with E-state index in [0.29, 0.717) is 18.2 Å². The highest BCUT2D eigenvalue weighted by Crippen LogP contribution is 2.61. The average Bonchev–Trinajstić information content (AvgIpc) is 3.21. The third kappa shape index (κ3) is 4.50. The summed E-state index contributed by atoms with van der Waals surface area (Å²) in [5, 5.41) is 19.4. The molecule has 3 heterocycles. The van der Waals surface area contributed by atoms with Gasteiger partial charge in [-0.1, -0.05) is 24.6 Å². The minimum atomic E-state index is -0.811. The Labute approximate surface area is 216 Å². The Hall–Kier alpha value is -3.65. The largest absolute Gasteiger partial charge is 0.385 e. The lowest BCUT2D eigenvalue weighted by atomic mass is 9.88. The number of rotatable bonds is 6. The van der Waals surface area contributed by atoms with E-state index in [4.69, 9.17) is 9.97 Å². The molecule has 0 radical (unpaired) electrons. The average molecular weight is 497 g/mol. The molecule has 8 heteroatoms. The van der Waals surface area contributed by atoms with E-state index >= 15 is 0 Å². The van der Waals surface area contributed by atoms with Gasteiger partial charge >= 0.3 is 0 Å². The second kappa shape index (κ2) is 9.34. The van der Waals surface area contributed by atoms with Crippen LogP contribution in [0.3, 0.4) is 0 Å². The van der Waals surface area contributed by atoms with Crippen molar-refractivity contribution in [1.82, 2.24) is 29.5 Å². The Balaban J connectivity index is 1.30. The molecule has 0 saturated heterocycles. The molecule has 190 valence electrons. The van der Waals surface area contributed by atoms with E-state index < -0.39 is 6.10 Å². The Morgan fingerprint density at radius 2 is 1.76 bits per heavy atom. The van der Waals surface area contributed by atoms with Gasteiger partial charge in [0.25, 0.3) is 0 Å². The lowest BCUT2D eigenvalue weighted by molar-refractivity contribution is -0.130. The highest BCUT2D eigenvalue weighted by Gasteiger charge is 2.59. The molecule has 2 saturated carbocycles. The lowest BCUT2D eigenvalue weighted by Crippen LogP contribution is -2.30. The summed E-state index contributed by atoms with van der Waals surface area (Å²) >= 11 is 0. The molecule has 0 bridgehead atoms. The van der Waals surface area contributed by atoms with Crippen LogP contribution >= 0.6 is 0 Å². The zero-order valence-electron chi connectivity index (χ0n) is 21.3. The van der Waals surface area contributed by atoms with Gasteiger partial charge in [-0.25, -0.2) is 9.97 Å². The number of benzene rings is 1. The van der Waals surface area contributed by atoms with Crippen LogP contribution in [0.5, 0.6) is 0 Å². The minimum absolute atomic E-state index is 0.0221. The predicted molar refractivity (Wildman–Crippen MR) is 140 cm³/mol. The quantitative estimate of drug-likeness (QED) is 0.425. The number of aryl methyl sites for hydroxylation is 3. The first-order valence-corrected chi connectivity index (χ1v) is 13.1. The molecule has 0 amide bonds. The van der Waals surface area contributed by atoms with Gasteiger partial charge < -0.3 is 5.11 Å². The highest BCUT2D eigenvalue weighted by molar-refractivity contribution is 5.84. The fourth-order valence-corrected chi connectivity index (χ4v) is 6.05. The van der Waals surface area contributed by atoms with Crippen LogP contribution in [-0.2, 0) is 25.3 Å². The molecule has 8 nitrogen and oxygen atoms in total. The van der Waals surface area contributed by atoms with Crippen LogP contribution in [0.2, 0.25) is 0 Å². The van der Waals surface area contributed by atoms with Crippen molar-refractivity contribution in [3.8, 4) is 33.6 Å². The van der Waals surface area contributed by atoms with Crippen molar-refractivity contribution >= 4 is 5.78 Å². The molecule has 1 N–H and O–H groups in total. The Bertz CT molecular complexity index is 1460. The van der Waals surface area contributed by atoms with Crippen LogP contribution in [0.1, 0.15) is 44.2 Å². The summed E-state index contributed by atoms with van der Waals surface area (Å²) in [6, 6.07) is 8.22. The predicted octanol–water partition coefficient (Wildman–Crippen LogP) is 4.39. The molecule has 3 atom stereocenters. The maximum absolute atomic E-state index is 12.4. The summed E-state index contributed by atoms with van der Waals surface area (Å²) in [5.74, 6) is 1.05. The number of Topliss-reactive ketones (excluding diaryl/α,β-unsaturated/α-hetero) is 1. The fraction of sp³-hybridized carbons (Fsp3) is 0.414. The van der Waals surface area contributed by atoms with Crippen molar-refractivity contribution in [2.24, 2.45) is 25.4 Å². The summed E-state index contributed by atoms with van der Waals surface area (Å²) in [4.78, 5) is 22.2. The Morgan fingerprint density at radius 1 is 1.00 bits per heavy atom. The van der Waals surface area contributed by atoms with Gasteiger partial charge in [0.2, 0.25) is 0 Å². The first-order chi connectivity index (χ1) is 17.9. The summed E-state index contributed by atoms with van der Waals surface area (Å²) in [7, 11) is 3.81. The van der Waals surface area contributed by atoms with Crippen LogP contribution in [-0.4, -0.2) is 46.5 Å². The van der Waals surface area contributed by atoms with E-state index in [9.17, 15) is 9.90 Å². The zero-order valence-corrected chi connectivity index (χ0v) is 21.3. The number of ketones is 1. The molecule has 2 aliphatic rings. The van der Waals surface area contributed by atoms with Crippen LogP contribution in [0.15, 0.2) is 55.2 Å². The first-order valence-electron chi connectivity index (χ1n) is 13.1. The number of carbonyl (C=O) groups excluding carboxylic acids is 1. The summed E-state index contributed by atoms with van der Waals surface area (Å²) < 4.78 is 3.58. The van der Waals surface area contributed by atoms with Crippen molar-refractivity contribution in [1.29, 1.82) is 0 Å². The molecule has 1 unspecified atom stereocenters. The zero-order chi connectivity index (χ0) is 25.6. The first kappa shape index (κ1) is 23.7. The highest BCUT2D eigenvalue weighted by atomic mass is 16.3. The van der Waals surface area contributed by atoms with Crippen molar-refractivity contribution < 1.29 is 9.90 Å². The topological polar surface area (TPSA) is 98.7 Å². The van der Waals surface area contributed by atoms with Crippen molar-refractivity contribution in [3.05, 3.63) is 60.9 Å². The van der Waals surface area contributed by atoms with Gasteiger partial charge in [0, 0.05) is 66.8 Å². The summed E-state index contributed by atoms with van der Waals surface area (Å²) in [6.45, 7) is 0. The Kier molecular flexibility index (Phi) is 5.99. The summed E-state index contributed by atoms with van der Waals surface area (Å²) in [5.41, 5.74) is 5.78. The second-order valence-corrected chi connectivity index (χ2v) is 10.7. The van der Waals surface area contributed by atoms with E-state index in [-0.39, 0.29) is 11.2 Å². The molecule has 6 rings (SSSR count). The van der Waals surface area contributed by atoms with Crippen LogP contribution in [0.25, 0.3) is 33.6 Å². The van der Waals surface area contributed by atoms with Gasteiger partial charge in [-0.15, -0.1) is 0 Å². The third-order valence-corrected chi connectivity index (χ3v) is 8.22. The van der Waals surface area contributed by atoms with Gasteiger partial charge in [-0.2, -0.15) is 10.2 Å². The number of aliphatic hydroxyl groups is 1. The Morgan fingerprint density at radius 3 is 2.51 bits per heavy atom. The van der Waals surface area contributed by atoms with Gasteiger partial charge in [0.1, 0.15) is 6.10 Å². The summed E-state index contributed by atoms with van der Waals surface area (Å²) in [6.07, 6.45) is 14.7. The van der Waals surface area contributed by atoms with Crippen molar-refractivity contribution in [2.45, 2.75) is 51.0 Å². The van der Waals surface area contributed by atoms with Gasteiger partial charge in [-0.05, 0) is 49.7 Å². The van der Waals surface area contributed by atoms with Crippen LogP contribution in [0.4, 0.5) is 0 Å². The monoisotopic (exact) mass is 496 g/mol. The third-order valence-electron chi connectivity index (χ3n) is 8.22. The smallest absolute Gasteiger partial charge is 0.161 e. The SMILES string of the molecule is Cn1cc(-c2cccc(-c3ncc(-c4cnn(C)c4)c(CCC4C[C@]45CCCCC(=O)[C@H]5O)n3)c2)cn1. The molecule has 1 aromatic carbocycles. The molecular weight excluding hydrogens is 464 g/mol. The molecule has 1 spiro atoms. The number of hydrogen-bond donors (Lipinski definition) is 1. The van der Waals surface area contributed by atoms with Gasteiger partial charge in [-0.3, -0.25) is 14.2 Å².